The summed E-state index contributed by atoms with van der Waals surface area (Å²) in [5, 5.41) is 25.7. The second-order valence-electron chi connectivity index (χ2n) is 8.03. The Labute approximate surface area is 241 Å². The summed E-state index contributed by atoms with van der Waals surface area (Å²) in [4.78, 5) is 21.6. The third-order valence-corrected chi connectivity index (χ3v) is 5.85. The van der Waals surface area contributed by atoms with Crippen LogP contribution in [-0.4, -0.2) is 31.6 Å². The van der Waals surface area contributed by atoms with Crippen LogP contribution in [-0.2, 0) is 47.8 Å². The molecule has 0 spiro atoms. The molecule has 0 unspecified atom stereocenters. The number of carbonyl (C=O) groups is 2. The Balaban J connectivity index is 0. The van der Waals surface area contributed by atoms with Crippen molar-refractivity contribution in [3.63, 3.8) is 0 Å². The average molecular weight is 627 g/mol. The number of carboxylic acid groups (broad SMARTS) is 2. The van der Waals surface area contributed by atoms with E-state index in [4.69, 9.17) is 9.47 Å². The Kier molecular flexibility index (Phi) is 16.1. The van der Waals surface area contributed by atoms with Crippen molar-refractivity contribution in [1.82, 2.24) is 0 Å². The summed E-state index contributed by atoms with van der Waals surface area (Å²) in [5.41, 5.74) is 1.50. The Hall–Kier alpha value is -3.26. The quantitative estimate of drug-likeness (QED) is 0.223. The summed E-state index contributed by atoms with van der Waals surface area (Å²) in [6.07, 6.45) is 0. The van der Waals surface area contributed by atoms with E-state index in [1.807, 2.05) is 72.8 Å². The number of methoxy groups -OCH3 is 2. The maximum Gasteiger partial charge on any atom is 2.00 e. The second-order valence-corrected chi connectivity index (χ2v) is 8.03. The van der Waals surface area contributed by atoms with Crippen LogP contribution >= 0.6 is 0 Å². The van der Waals surface area contributed by atoms with Gasteiger partial charge in [0.25, 0.3) is 0 Å². The van der Waals surface area contributed by atoms with Gasteiger partial charge in [0.1, 0.15) is 11.5 Å². The van der Waals surface area contributed by atoms with Crippen molar-refractivity contribution in [1.29, 1.82) is 0 Å². The molecular weight excluding hydrogens is 593 g/mol. The second kappa shape index (κ2) is 16.6. The minimum Gasteiger partial charge on any atom is -0.550 e. The standard InChI is InChI=1S/2C14H14O3.Cd.3H2O/c2*1-9(14(15)16)10-3-4-12-8-13(17-2)6-5-11(12)7-10;;;;/h2*3-9H,1-2H3,(H,15,16);;3*1H2/q;;+2;;;/t2*9-;;;;/m00..../s1. The molecule has 0 amide bonds. The van der Waals surface area contributed by atoms with Crippen molar-refractivity contribution in [2.75, 3.05) is 14.2 Å². The van der Waals surface area contributed by atoms with Gasteiger partial charge in [-0.25, -0.2) is 0 Å². The third-order valence-electron chi connectivity index (χ3n) is 5.85. The molecule has 0 aliphatic heterocycles. The number of aliphatic carboxylic acids is 2. The normalized spacial score (nSPS) is 11.1. The van der Waals surface area contributed by atoms with Crippen LogP contribution < -0.4 is 19.7 Å². The zero-order valence-corrected chi connectivity index (χ0v) is 25.9. The molecule has 0 saturated carbocycles. The van der Waals surface area contributed by atoms with Gasteiger partial charge in [-0.15, -0.1) is 0 Å². The fourth-order valence-corrected chi connectivity index (χ4v) is 3.55. The summed E-state index contributed by atoms with van der Waals surface area (Å²) in [6, 6.07) is 22.5. The molecule has 2 atom stereocenters. The first-order valence-corrected chi connectivity index (χ1v) is 10.8. The molecule has 200 valence electrons. The van der Waals surface area contributed by atoms with Crippen LogP contribution in [0.5, 0.6) is 11.5 Å². The average Bonchev–Trinajstić information content (AvgIpc) is 2.86. The number of hydrogen-bond acceptors (Lipinski definition) is 6. The predicted molar refractivity (Wildman–Crippen MR) is 141 cm³/mol. The van der Waals surface area contributed by atoms with Crippen molar-refractivity contribution >= 4 is 33.5 Å². The number of ether oxygens (including phenoxy) is 2. The fourth-order valence-electron chi connectivity index (χ4n) is 3.55. The van der Waals surface area contributed by atoms with E-state index < -0.39 is 23.8 Å². The summed E-state index contributed by atoms with van der Waals surface area (Å²) in [5.74, 6) is -1.73. The summed E-state index contributed by atoms with van der Waals surface area (Å²) in [6.45, 7) is 3.25. The number of carbonyl (C=O) groups excluding carboxylic acids is 2. The molecule has 0 aromatic heterocycles. The van der Waals surface area contributed by atoms with E-state index in [-0.39, 0.29) is 43.7 Å². The van der Waals surface area contributed by atoms with Crippen LogP contribution in [0.25, 0.3) is 21.5 Å². The van der Waals surface area contributed by atoms with Crippen LogP contribution in [0.1, 0.15) is 36.8 Å². The minimum atomic E-state index is -1.06. The van der Waals surface area contributed by atoms with Gasteiger partial charge in [0, 0.05) is 23.8 Å². The van der Waals surface area contributed by atoms with Crippen molar-refractivity contribution in [2.45, 2.75) is 25.7 Å². The monoisotopic (exact) mass is 628 g/mol. The van der Waals surface area contributed by atoms with Gasteiger partial charge in [-0.05, 0) is 56.9 Å². The van der Waals surface area contributed by atoms with Crippen molar-refractivity contribution in [3.05, 3.63) is 83.9 Å². The molecule has 0 heterocycles. The van der Waals surface area contributed by atoms with Crippen molar-refractivity contribution in [3.8, 4) is 11.5 Å². The molecule has 10 heteroatoms. The van der Waals surface area contributed by atoms with E-state index in [0.29, 0.717) is 0 Å². The van der Waals surface area contributed by atoms with Crippen molar-refractivity contribution < 1.29 is 73.0 Å². The van der Waals surface area contributed by atoms with Gasteiger partial charge in [-0.2, -0.15) is 0 Å². The number of hydrogen-bond donors (Lipinski definition) is 0. The topological polar surface area (TPSA) is 196 Å². The Bertz CT molecular complexity index is 1240. The van der Waals surface area contributed by atoms with Crippen LogP contribution in [0, 0.1) is 0 Å². The maximum atomic E-state index is 10.8. The van der Waals surface area contributed by atoms with E-state index in [1.54, 1.807) is 28.1 Å². The first-order chi connectivity index (χ1) is 16.2. The smallest absolute Gasteiger partial charge is 0.550 e. The van der Waals surface area contributed by atoms with Crippen LogP contribution in [0.15, 0.2) is 72.8 Å². The van der Waals surface area contributed by atoms with E-state index in [9.17, 15) is 19.8 Å². The fraction of sp³-hybridized carbons (Fsp3) is 0.214. The third kappa shape index (κ3) is 8.94. The largest absolute Gasteiger partial charge is 2.00 e. The molecule has 0 aliphatic rings. The molecule has 0 fully saturated rings. The summed E-state index contributed by atoms with van der Waals surface area (Å²) >= 11 is 0. The molecule has 38 heavy (non-hydrogen) atoms. The van der Waals surface area contributed by atoms with Gasteiger partial charge in [-0.3, -0.25) is 0 Å². The minimum absolute atomic E-state index is 0. The first-order valence-electron chi connectivity index (χ1n) is 10.8. The molecule has 4 rings (SSSR count). The maximum absolute atomic E-state index is 10.8. The predicted octanol–water partition coefficient (Wildman–Crippen LogP) is 0.733. The van der Waals surface area contributed by atoms with Crippen LogP contribution in [0.3, 0.4) is 0 Å². The Morgan fingerprint density at radius 2 is 0.895 bits per heavy atom. The molecule has 0 bridgehead atoms. The van der Waals surface area contributed by atoms with Gasteiger partial charge < -0.3 is 45.7 Å². The zero-order chi connectivity index (χ0) is 24.8. The molecule has 0 radical (unpaired) electrons. The van der Waals surface area contributed by atoms with Gasteiger partial charge in [0.2, 0.25) is 0 Å². The molecule has 9 nitrogen and oxygen atoms in total. The zero-order valence-electron chi connectivity index (χ0n) is 21.9. The van der Waals surface area contributed by atoms with Crippen LogP contribution in [0.2, 0.25) is 0 Å². The molecule has 0 aliphatic carbocycles. The first kappa shape index (κ1) is 36.9. The molecule has 4 aromatic carbocycles. The van der Waals surface area contributed by atoms with E-state index >= 15 is 0 Å². The van der Waals surface area contributed by atoms with Crippen molar-refractivity contribution in [2.24, 2.45) is 0 Å². The molecular formula is C28H34CdO9+2. The Morgan fingerprint density at radius 1 is 0.605 bits per heavy atom. The molecule has 4 aromatic rings. The number of rotatable bonds is 6. The Morgan fingerprint density at radius 3 is 1.18 bits per heavy atom. The molecule has 0 saturated heterocycles. The SMILES string of the molecule is COc1ccc2cc([C@H](C)C(=O)[O-])ccc2c1.COc1ccc2cc([C@H](C)C(=O)[O-])ccc2c1.O.[Cd+2].[OH3+].[OH3+]. The van der Waals surface area contributed by atoms with E-state index in [0.717, 1.165) is 44.2 Å². The summed E-state index contributed by atoms with van der Waals surface area (Å²) in [7, 11) is 3.24. The van der Waals surface area contributed by atoms with E-state index in [2.05, 4.69) is 0 Å². The molecule has 8 N–H and O–H groups in total. The number of benzene rings is 4. The van der Waals surface area contributed by atoms with Crippen LogP contribution in [0.4, 0.5) is 0 Å². The number of carboxylic acids is 2. The van der Waals surface area contributed by atoms with Gasteiger partial charge >= 0.3 is 27.3 Å². The number of fused-ring (bicyclic) bond motifs is 2. The van der Waals surface area contributed by atoms with E-state index in [1.165, 1.54) is 0 Å². The summed E-state index contributed by atoms with van der Waals surface area (Å²) < 4.78 is 10.3. The van der Waals surface area contributed by atoms with Gasteiger partial charge in [0.05, 0.1) is 14.2 Å². The van der Waals surface area contributed by atoms with Gasteiger partial charge in [0.15, 0.2) is 0 Å². The van der Waals surface area contributed by atoms with Gasteiger partial charge in [-0.1, -0.05) is 62.4 Å².